The van der Waals surface area contributed by atoms with E-state index in [1.54, 1.807) is 36.1 Å². The van der Waals surface area contributed by atoms with Gasteiger partial charge in [0.1, 0.15) is 11.5 Å². The topological polar surface area (TPSA) is 159 Å². The van der Waals surface area contributed by atoms with E-state index in [2.05, 4.69) is 15.7 Å². The van der Waals surface area contributed by atoms with E-state index in [1.165, 1.54) is 49.0 Å². The summed E-state index contributed by atoms with van der Waals surface area (Å²) in [5.41, 5.74) is 3.54. The molecular weight excluding hydrogens is 488 g/mol. The van der Waals surface area contributed by atoms with E-state index in [4.69, 9.17) is 16.4 Å². The zero-order valence-electron chi connectivity index (χ0n) is 21.4. The van der Waals surface area contributed by atoms with Gasteiger partial charge in [0.2, 0.25) is 0 Å². The van der Waals surface area contributed by atoms with Crippen LogP contribution in [0.5, 0.6) is 11.5 Å². The lowest BCUT2D eigenvalue weighted by molar-refractivity contribution is 0.0307. The molecule has 2 heterocycles. The third kappa shape index (κ3) is 5.22. The molecule has 12 nitrogen and oxygen atoms in total. The van der Waals surface area contributed by atoms with E-state index < -0.39 is 18.2 Å². The number of carbonyl (C=O) groups excluding carboxylic acids is 3. The molecule has 6 N–H and O–H groups in total. The van der Waals surface area contributed by atoms with Gasteiger partial charge in [0.15, 0.2) is 6.29 Å². The summed E-state index contributed by atoms with van der Waals surface area (Å²) >= 11 is 0. The van der Waals surface area contributed by atoms with Gasteiger partial charge in [-0.1, -0.05) is 0 Å². The predicted molar refractivity (Wildman–Crippen MR) is 139 cm³/mol. The molecule has 5 amide bonds. The summed E-state index contributed by atoms with van der Waals surface area (Å²) in [6, 6.07) is 7.64. The van der Waals surface area contributed by atoms with Crippen LogP contribution in [0.3, 0.4) is 0 Å². The molecule has 1 saturated heterocycles. The van der Waals surface area contributed by atoms with E-state index in [9.17, 15) is 14.4 Å². The summed E-state index contributed by atoms with van der Waals surface area (Å²) in [6.07, 6.45) is 9.27. The highest BCUT2D eigenvalue weighted by atomic mass is 16.5. The number of pyridine rings is 1. The van der Waals surface area contributed by atoms with Crippen molar-refractivity contribution < 1.29 is 19.1 Å². The Balaban J connectivity index is 1.29. The number of rotatable bonds is 8. The van der Waals surface area contributed by atoms with E-state index in [1.807, 2.05) is 0 Å². The molecule has 1 aliphatic heterocycles. The number of ether oxygens (including phenoxy) is 1. The molecule has 2 aliphatic carbocycles. The Morgan fingerprint density at radius 2 is 1.79 bits per heavy atom. The van der Waals surface area contributed by atoms with Gasteiger partial charge in [0.05, 0.1) is 11.8 Å². The predicted octanol–water partition coefficient (Wildman–Crippen LogP) is 3.20. The summed E-state index contributed by atoms with van der Waals surface area (Å²) in [7, 11) is 0. The van der Waals surface area contributed by atoms with Crippen molar-refractivity contribution in [3.05, 3.63) is 48.3 Å². The van der Waals surface area contributed by atoms with Gasteiger partial charge in [-0.3, -0.25) is 20.1 Å². The Morgan fingerprint density at radius 1 is 1.08 bits per heavy atom. The number of carbonyl (C=O) groups is 3. The summed E-state index contributed by atoms with van der Waals surface area (Å²) in [4.78, 5) is 44.7. The minimum atomic E-state index is -0.822. The number of nitrogens with two attached hydrogens (primary N) is 2. The third-order valence-corrected chi connectivity index (χ3v) is 7.87. The molecule has 3 aliphatic rings. The number of aromatic nitrogens is 1. The number of nitrogens with zero attached hydrogens (tertiary/aromatic N) is 4. The fraction of sp³-hybridized carbons (Fsp3) is 0.462. The maximum Gasteiger partial charge on any atom is 0.345 e. The maximum atomic E-state index is 13.3. The molecule has 0 bridgehead atoms. The SMILES string of the molecule is CCN1C(=O)N(N)C(Nc2ccc(Oc3cncc(C(=O)NN)c3)cc2)N(CC2CCC3(CC2)CC3)C1=O. The second-order valence-corrected chi connectivity index (χ2v) is 10.3. The highest BCUT2D eigenvalue weighted by molar-refractivity contribution is 5.96. The van der Waals surface area contributed by atoms with Gasteiger partial charge < -0.3 is 10.1 Å². The smallest absolute Gasteiger partial charge is 0.345 e. The second-order valence-electron chi connectivity index (χ2n) is 10.3. The van der Waals surface area contributed by atoms with Crippen molar-refractivity contribution in [3.63, 3.8) is 0 Å². The van der Waals surface area contributed by atoms with Gasteiger partial charge in [-0.25, -0.2) is 31.2 Å². The fourth-order valence-corrected chi connectivity index (χ4v) is 5.35. The zero-order chi connectivity index (χ0) is 26.9. The summed E-state index contributed by atoms with van der Waals surface area (Å²) in [5, 5.41) is 4.33. The number of benzene rings is 1. The highest BCUT2D eigenvalue weighted by Gasteiger charge is 2.47. The van der Waals surface area contributed by atoms with Gasteiger partial charge in [0.25, 0.3) is 5.91 Å². The monoisotopic (exact) mass is 522 g/mol. The number of nitrogen functional groups attached to an aromatic ring is 1. The van der Waals surface area contributed by atoms with Gasteiger partial charge in [-0.2, -0.15) is 0 Å². The van der Waals surface area contributed by atoms with Crippen molar-refractivity contribution in [2.24, 2.45) is 23.0 Å². The molecule has 1 spiro atoms. The number of imide groups is 1. The van der Waals surface area contributed by atoms with Crippen LogP contribution in [-0.4, -0.2) is 57.1 Å². The van der Waals surface area contributed by atoms with Crippen LogP contribution in [-0.2, 0) is 0 Å². The zero-order valence-corrected chi connectivity index (χ0v) is 21.4. The molecule has 2 aromatic rings. The molecule has 3 fully saturated rings. The molecule has 2 saturated carbocycles. The Morgan fingerprint density at radius 3 is 2.42 bits per heavy atom. The Hall–Kier alpha value is -3.90. The molecule has 0 radical (unpaired) electrons. The minimum absolute atomic E-state index is 0.247. The average molecular weight is 523 g/mol. The second kappa shape index (κ2) is 10.5. The van der Waals surface area contributed by atoms with Crippen LogP contribution in [0.25, 0.3) is 0 Å². The van der Waals surface area contributed by atoms with Crippen LogP contribution in [0.15, 0.2) is 42.7 Å². The number of nitrogens with one attached hydrogen (secondary N) is 2. The van der Waals surface area contributed by atoms with Crippen LogP contribution < -0.4 is 27.2 Å². The van der Waals surface area contributed by atoms with Gasteiger partial charge in [-0.05, 0) is 87.1 Å². The first-order chi connectivity index (χ1) is 18.3. The molecule has 38 heavy (non-hydrogen) atoms. The lowest BCUT2D eigenvalue weighted by Gasteiger charge is -2.46. The van der Waals surface area contributed by atoms with Crippen molar-refractivity contribution in [1.29, 1.82) is 0 Å². The van der Waals surface area contributed by atoms with Crippen molar-refractivity contribution in [2.45, 2.75) is 51.7 Å². The Bertz CT molecular complexity index is 1190. The van der Waals surface area contributed by atoms with E-state index in [0.29, 0.717) is 35.1 Å². The Labute approximate surface area is 221 Å². The first-order valence-corrected chi connectivity index (χ1v) is 13.0. The summed E-state index contributed by atoms with van der Waals surface area (Å²) < 4.78 is 5.81. The average Bonchev–Trinajstić information content (AvgIpc) is 3.70. The summed E-state index contributed by atoms with van der Waals surface area (Å²) in [5.74, 6) is 12.2. The molecular formula is C26H34N8O4. The normalized spacial score (nSPS) is 21.0. The quantitative estimate of drug-likeness (QED) is 0.234. The van der Waals surface area contributed by atoms with Crippen LogP contribution in [0.4, 0.5) is 15.3 Å². The minimum Gasteiger partial charge on any atom is -0.456 e. The molecule has 202 valence electrons. The number of hydrogen-bond donors (Lipinski definition) is 4. The number of amides is 5. The first-order valence-electron chi connectivity index (χ1n) is 13.0. The Kier molecular flexibility index (Phi) is 7.09. The molecule has 1 aromatic carbocycles. The first kappa shape index (κ1) is 25.7. The van der Waals surface area contributed by atoms with Crippen LogP contribution in [0.1, 0.15) is 55.8 Å². The maximum absolute atomic E-state index is 13.3. The lowest BCUT2D eigenvalue weighted by atomic mass is 9.79. The van der Waals surface area contributed by atoms with E-state index in [-0.39, 0.29) is 18.1 Å². The molecule has 5 rings (SSSR count). The van der Waals surface area contributed by atoms with Crippen LogP contribution in [0, 0.1) is 11.3 Å². The van der Waals surface area contributed by atoms with E-state index in [0.717, 1.165) is 17.9 Å². The lowest BCUT2D eigenvalue weighted by Crippen LogP contribution is -2.71. The highest BCUT2D eigenvalue weighted by Crippen LogP contribution is 2.57. The van der Waals surface area contributed by atoms with E-state index >= 15 is 0 Å². The van der Waals surface area contributed by atoms with Crippen molar-refractivity contribution >= 4 is 23.7 Å². The van der Waals surface area contributed by atoms with Gasteiger partial charge >= 0.3 is 12.1 Å². The van der Waals surface area contributed by atoms with Crippen molar-refractivity contribution in [1.82, 2.24) is 25.2 Å². The molecule has 1 atom stereocenters. The summed E-state index contributed by atoms with van der Waals surface area (Å²) in [6.45, 7) is 2.54. The number of anilines is 1. The van der Waals surface area contributed by atoms with Crippen LogP contribution in [0.2, 0.25) is 0 Å². The molecule has 12 heteroatoms. The van der Waals surface area contributed by atoms with Crippen LogP contribution >= 0.6 is 0 Å². The largest absolute Gasteiger partial charge is 0.456 e. The number of hydrogen-bond acceptors (Lipinski definition) is 8. The van der Waals surface area contributed by atoms with Gasteiger partial charge in [-0.15, -0.1) is 0 Å². The molecule has 1 unspecified atom stereocenters. The number of hydrazine groups is 2. The standard InChI is InChI=1S/C26H34N8O4/c1-2-32-24(36)33(16-17-7-9-26(10-8-17)11-12-26)23(34(28)25(32)37)30-19-3-5-20(6-4-19)38-21-13-18(14-29-15-21)22(35)31-27/h3-6,13-15,17,23,30H,2,7-12,16,27-28H2,1H3,(H,31,35). The fourth-order valence-electron chi connectivity index (χ4n) is 5.35. The molecule has 1 aromatic heterocycles. The van der Waals surface area contributed by atoms with Gasteiger partial charge in [0, 0.05) is 25.0 Å². The third-order valence-electron chi connectivity index (χ3n) is 7.87. The van der Waals surface area contributed by atoms with Crippen molar-refractivity contribution in [2.75, 3.05) is 18.4 Å². The van der Waals surface area contributed by atoms with Crippen molar-refractivity contribution in [3.8, 4) is 11.5 Å². The number of urea groups is 2.